The minimum atomic E-state index is -4.63. The highest BCUT2D eigenvalue weighted by atomic mass is 31.2. The molecule has 9 nitrogen and oxygen atoms in total. The Balaban J connectivity index is 3.91. The topological polar surface area (TPSA) is 111 Å². The molecule has 0 bridgehead atoms. The van der Waals surface area contributed by atoms with Crippen LogP contribution in [0, 0.1) is 0 Å². The van der Waals surface area contributed by atoms with Gasteiger partial charge in [0, 0.05) is 12.8 Å². The van der Waals surface area contributed by atoms with Crippen LogP contribution in [0.4, 0.5) is 0 Å². The van der Waals surface area contributed by atoms with Gasteiger partial charge < -0.3 is 27.9 Å². The number of hydrogen-bond donors (Lipinski definition) is 0. The van der Waals surface area contributed by atoms with Gasteiger partial charge in [-0.15, -0.1) is 0 Å². The molecule has 0 aliphatic carbocycles. The number of carbonyl (C=O) groups is 2. The zero-order valence-electron chi connectivity index (χ0n) is 50.6. The van der Waals surface area contributed by atoms with Crippen molar-refractivity contribution in [2.75, 3.05) is 47.5 Å². The molecule has 0 spiro atoms. The van der Waals surface area contributed by atoms with Gasteiger partial charge in [0.05, 0.1) is 27.7 Å². The van der Waals surface area contributed by atoms with E-state index < -0.39 is 26.5 Å². The predicted molar refractivity (Wildman–Crippen MR) is 328 cm³/mol. The van der Waals surface area contributed by atoms with Gasteiger partial charge in [0.15, 0.2) is 6.10 Å². The number of unbranched alkanes of at least 4 members (excludes halogenated alkanes) is 30. The SMILES string of the molecule is CC/C=C\C/C=C\C/C=C\C/C=C\C/C=C\C/C=C\C/C=C\CCCCCCCCCCCCCCCCCCCCCC(=O)OC(COC(=O)CCCCCCCCCCCCCC)COP(=O)([O-])OCC[N+](C)(C)C. The number of quaternary nitrogens is 1. The maximum Gasteiger partial charge on any atom is 0.306 e. The molecule has 2 atom stereocenters. The summed E-state index contributed by atoms with van der Waals surface area (Å²) < 4.78 is 34.1. The van der Waals surface area contributed by atoms with Crippen LogP contribution in [0.5, 0.6) is 0 Å². The monoisotopic (exact) mass is 1100 g/mol. The Labute approximate surface area is 475 Å². The fourth-order valence-corrected chi connectivity index (χ4v) is 9.54. The van der Waals surface area contributed by atoms with E-state index in [-0.39, 0.29) is 32.0 Å². The van der Waals surface area contributed by atoms with E-state index in [1.165, 1.54) is 161 Å². The normalized spacial score (nSPS) is 13.8. The molecule has 0 amide bonds. The second-order valence-electron chi connectivity index (χ2n) is 22.4. The lowest BCUT2D eigenvalue weighted by atomic mass is 10.0. The van der Waals surface area contributed by atoms with Crippen molar-refractivity contribution in [3.63, 3.8) is 0 Å². The zero-order valence-corrected chi connectivity index (χ0v) is 51.5. The number of likely N-dealkylation sites (N-methyl/N-ethyl adjacent to an activating group) is 1. The van der Waals surface area contributed by atoms with Crippen LogP contribution in [-0.2, 0) is 32.7 Å². The molecular weight excluding hydrogens is 978 g/mol. The van der Waals surface area contributed by atoms with Gasteiger partial charge in [0.1, 0.15) is 19.8 Å². The number of carbonyl (C=O) groups excluding carboxylic acids is 2. The Morgan fingerprint density at radius 1 is 0.416 bits per heavy atom. The number of allylic oxidation sites excluding steroid dienone is 14. The average molecular weight is 1100 g/mol. The molecule has 0 aromatic heterocycles. The van der Waals surface area contributed by atoms with E-state index in [1.54, 1.807) is 0 Å². The molecule has 10 heteroatoms. The second-order valence-corrected chi connectivity index (χ2v) is 23.8. The Hall–Kier alpha value is -2.81. The first kappa shape index (κ1) is 74.2. The smallest absolute Gasteiger partial charge is 0.306 e. The second kappa shape index (κ2) is 57.9. The summed E-state index contributed by atoms with van der Waals surface area (Å²) in [7, 11) is 1.17. The van der Waals surface area contributed by atoms with Crippen molar-refractivity contribution in [1.29, 1.82) is 0 Å². The highest BCUT2D eigenvalue weighted by molar-refractivity contribution is 7.45. The lowest BCUT2D eigenvalue weighted by Gasteiger charge is -2.28. The first-order chi connectivity index (χ1) is 37.5. The first-order valence-electron chi connectivity index (χ1n) is 31.8. The number of ether oxygens (including phenoxy) is 2. The van der Waals surface area contributed by atoms with Crippen LogP contribution >= 0.6 is 7.82 Å². The molecule has 0 radical (unpaired) electrons. The molecule has 0 fully saturated rings. The average Bonchev–Trinajstić information content (AvgIpc) is 3.39. The summed E-state index contributed by atoms with van der Waals surface area (Å²) in [6, 6.07) is 0. The quantitative estimate of drug-likeness (QED) is 0.0195. The molecule has 0 rings (SSSR count). The van der Waals surface area contributed by atoms with Crippen LogP contribution in [0.25, 0.3) is 0 Å². The zero-order chi connectivity index (χ0) is 56.3. The van der Waals surface area contributed by atoms with Crippen molar-refractivity contribution in [2.24, 2.45) is 0 Å². The minimum Gasteiger partial charge on any atom is -0.756 e. The van der Waals surface area contributed by atoms with E-state index in [9.17, 15) is 19.0 Å². The molecule has 2 unspecified atom stereocenters. The summed E-state index contributed by atoms with van der Waals surface area (Å²) in [6.45, 7) is 4.14. The molecule has 446 valence electrons. The van der Waals surface area contributed by atoms with Crippen molar-refractivity contribution < 1.29 is 42.1 Å². The summed E-state index contributed by atoms with van der Waals surface area (Å²) in [5.74, 6) is -0.824. The first-order valence-corrected chi connectivity index (χ1v) is 33.3. The Bertz CT molecular complexity index is 1580. The molecule has 0 saturated heterocycles. The highest BCUT2D eigenvalue weighted by Crippen LogP contribution is 2.38. The third kappa shape index (κ3) is 62.3. The van der Waals surface area contributed by atoms with Gasteiger partial charge in [-0.3, -0.25) is 14.2 Å². The summed E-state index contributed by atoms with van der Waals surface area (Å²) in [4.78, 5) is 37.8. The number of esters is 2. The molecular formula is C67H120NO8P. The van der Waals surface area contributed by atoms with E-state index in [4.69, 9.17) is 18.5 Å². The van der Waals surface area contributed by atoms with E-state index >= 15 is 0 Å². The van der Waals surface area contributed by atoms with Crippen molar-refractivity contribution in [1.82, 2.24) is 0 Å². The summed E-state index contributed by atoms with van der Waals surface area (Å²) in [5, 5.41) is 0. The summed E-state index contributed by atoms with van der Waals surface area (Å²) >= 11 is 0. The lowest BCUT2D eigenvalue weighted by Crippen LogP contribution is -2.37. The van der Waals surface area contributed by atoms with Crippen LogP contribution in [0.1, 0.15) is 277 Å². The van der Waals surface area contributed by atoms with E-state index in [0.717, 1.165) is 83.5 Å². The summed E-state index contributed by atoms with van der Waals surface area (Å²) in [5.41, 5.74) is 0. The van der Waals surface area contributed by atoms with E-state index in [2.05, 4.69) is 98.9 Å². The molecule has 0 aliphatic heterocycles. The van der Waals surface area contributed by atoms with Crippen LogP contribution < -0.4 is 4.89 Å². The van der Waals surface area contributed by atoms with Crippen LogP contribution in [0.15, 0.2) is 85.1 Å². The van der Waals surface area contributed by atoms with Crippen molar-refractivity contribution in [2.45, 2.75) is 283 Å². The molecule has 77 heavy (non-hydrogen) atoms. The van der Waals surface area contributed by atoms with Crippen LogP contribution in [0.3, 0.4) is 0 Å². The Morgan fingerprint density at radius 2 is 0.740 bits per heavy atom. The van der Waals surface area contributed by atoms with Gasteiger partial charge in [-0.2, -0.15) is 0 Å². The highest BCUT2D eigenvalue weighted by Gasteiger charge is 2.22. The number of rotatable bonds is 58. The van der Waals surface area contributed by atoms with Gasteiger partial charge in [-0.05, 0) is 70.6 Å². The molecule has 0 aromatic carbocycles. The molecule has 0 aliphatic rings. The molecule has 0 aromatic rings. The number of nitrogens with zero attached hydrogens (tertiary/aromatic N) is 1. The van der Waals surface area contributed by atoms with Gasteiger partial charge in [-0.25, -0.2) is 0 Å². The van der Waals surface area contributed by atoms with Crippen LogP contribution in [-0.4, -0.2) is 70.0 Å². The van der Waals surface area contributed by atoms with E-state index in [0.29, 0.717) is 17.4 Å². The maximum atomic E-state index is 12.8. The molecule has 0 saturated carbocycles. The standard InChI is InChI=1S/C67H120NO8P/c1-6-8-10-12-14-16-18-20-21-22-23-24-25-26-27-28-29-30-31-32-33-34-35-36-37-38-39-40-41-42-43-44-45-46-47-48-50-52-54-56-58-60-67(70)76-65(64-75-77(71,72)74-62-61-68(3,4)5)63-73-66(69)59-57-55-53-51-49-19-17-15-13-11-9-7-2/h8,10,14,16,20-21,23-24,26-27,29-30,32-33,65H,6-7,9,11-13,15,17-19,22,25,28,31,34-64H2,1-5H3/b10-8-,16-14-,21-20-,24-23-,27-26-,30-29-,33-32-. The van der Waals surface area contributed by atoms with Gasteiger partial charge >= 0.3 is 11.9 Å². The largest absolute Gasteiger partial charge is 0.756 e. The maximum absolute atomic E-state index is 12.8. The predicted octanol–water partition coefficient (Wildman–Crippen LogP) is 19.6. The van der Waals surface area contributed by atoms with Gasteiger partial charge in [-0.1, -0.05) is 279 Å². The van der Waals surface area contributed by atoms with Crippen LogP contribution in [0.2, 0.25) is 0 Å². The fourth-order valence-electron chi connectivity index (χ4n) is 8.81. The third-order valence-corrected chi connectivity index (χ3v) is 14.6. The minimum absolute atomic E-state index is 0.0300. The number of phosphoric ester groups is 1. The van der Waals surface area contributed by atoms with Gasteiger partial charge in [0.25, 0.3) is 7.82 Å². The number of phosphoric acid groups is 1. The van der Waals surface area contributed by atoms with Gasteiger partial charge in [0.2, 0.25) is 0 Å². The van der Waals surface area contributed by atoms with Crippen molar-refractivity contribution in [3.05, 3.63) is 85.1 Å². The Kier molecular flexibility index (Phi) is 55.8. The summed E-state index contributed by atoms with van der Waals surface area (Å²) in [6.07, 6.45) is 78.1. The number of hydrogen-bond acceptors (Lipinski definition) is 8. The van der Waals surface area contributed by atoms with Crippen molar-refractivity contribution >= 4 is 19.8 Å². The van der Waals surface area contributed by atoms with E-state index in [1.807, 2.05) is 21.1 Å². The molecule has 0 heterocycles. The van der Waals surface area contributed by atoms with Crippen molar-refractivity contribution in [3.8, 4) is 0 Å². The Morgan fingerprint density at radius 3 is 1.10 bits per heavy atom. The molecule has 0 N–H and O–H groups in total. The fraction of sp³-hybridized carbons (Fsp3) is 0.761. The lowest BCUT2D eigenvalue weighted by molar-refractivity contribution is -0.870. The third-order valence-electron chi connectivity index (χ3n) is 13.7.